The molecule has 0 heterocycles. The summed E-state index contributed by atoms with van der Waals surface area (Å²) in [6, 6.07) is 4.13. The van der Waals surface area contributed by atoms with E-state index in [4.69, 9.17) is 14.6 Å². The molecule has 0 aliphatic heterocycles. The van der Waals surface area contributed by atoms with Gasteiger partial charge < -0.3 is 14.8 Å². The first kappa shape index (κ1) is 17.4. The first-order valence-corrected chi connectivity index (χ1v) is 8.01. The molecule has 0 bridgehead atoms. The Kier molecular flexibility index (Phi) is 6.60. The maximum absolute atomic E-state index is 11.9. The second-order valence-corrected chi connectivity index (χ2v) is 5.77. The number of nitrogens with one attached hydrogen (secondary N) is 1. The van der Waals surface area contributed by atoms with Crippen molar-refractivity contribution in [1.29, 1.82) is 0 Å². The number of amides is 1. The first-order valence-electron chi connectivity index (χ1n) is 6.47. The Morgan fingerprint density at radius 1 is 1.38 bits per heavy atom. The molecule has 118 valence electrons. The number of primary sulfonamides is 1. The highest BCUT2D eigenvalue weighted by molar-refractivity contribution is 7.89. The van der Waals surface area contributed by atoms with Crippen LogP contribution in [-0.4, -0.2) is 41.2 Å². The third-order valence-corrected chi connectivity index (χ3v) is 3.56. The number of hydrogen-bond donors (Lipinski definition) is 2. The van der Waals surface area contributed by atoms with Crippen LogP contribution >= 0.6 is 0 Å². The summed E-state index contributed by atoms with van der Waals surface area (Å²) in [6.07, 6.45) is 0.668. The van der Waals surface area contributed by atoms with Crippen molar-refractivity contribution >= 4 is 15.9 Å². The highest BCUT2D eigenvalue weighted by Gasteiger charge is 2.18. The van der Waals surface area contributed by atoms with E-state index >= 15 is 0 Å². The van der Waals surface area contributed by atoms with Crippen molar-refractivity contribution in [2.45, 2.75) is 18.2 Å². The molecule has 1 aromatic carbocycles. The maximum Gasteiger partial charge on any atom is 0.251 e. The number of hydrogen-bond acceptors (Lipinski definition) is 5. The molecule has 0 atom stereocenters. The molecule has 0 aromatic heterocycles. The normalized spacial score (nSPS) is 11.2. The number of nitrogens with two attached hydrogens (primary N) is 1. The van der Waals surface area contributed by atoms with Gasteiger partial charge in [0.2, 0.25) is 10.0 Å². The summed E-state index contributed by atoms with van der Waals surface area (Å²) in [6.45, 7) is 2.99. The average molecular weight is 316 g/mol. The van der Waals surface area contributed by atoms with Crippen LogP contribution in [0.15, 0.2) is 23.1 Å². The van der Waals surface area contributed by atoms with Crippen LogP contribution in [0.2, 0.25) is 0 Å². The molecule has 0 radical (unpaired) electrons. The van der Waals surface area contributed by atoms with Crippen molar-refractivity contribution in [2.24, 2.45) is 5.14 Å². The van der Waals surface area contributed by atoms with Gasteiger partial charge in [-0.25, -0.2) is 13.6 Å². The zero-order valence-electron chi connectivity index (χ0n) is 12.1. The summed E-state index contributed by atoms with van der Waals surface area (Å²) in [5.41, 5.74) is 0.208. The second kappa shape index (κ2) is 7.96. The SMILES string of the molecule is CCOc1ccc(C(=O)NCCCOC)cc1S(N)(=O)=O. The third kappa shape index (κ3) is 5.33. The molecule has 3 N–H and O–H groups in total. The summed E-state index contributed by atoms with van der Waals surface area (Å²) in [4.78, 5) is 11.7. The molecule has 7 nitrogen and oxygen atoms in total. The monoisotopic (exact) mass is 316 g/mol. The molecule has 0 saturated carbocycles. The van der Waals surface area contributed by atoms with E-state index in [0.29, 0.717) is 26.2 Å². The zero-order valence-corrected chi connectivity index (χ0v) is 12.9. The third-order valence-electron chi connectivity index (χ3n) is 2.62. The Labute approximate surface area is 124 Å². The predicted molar refractivity (Wildman–Crippen MR) is 77.8 cm³/mol. The number of methoxy groups -OCH3 is 1. The van der Waals surface area contributed by atoms with Crippen molar-refractivity contribution in [2.75, 3.05) is 26.9 Å². The molecule has 1 amide bonds. The van der Waals surface area contributed by atoms with E-state index in [9.17, 15) is 13.2 Å². The van der Waals surface area contributed by atoms with Crippen LogP contribution in [0.5, 0.6) is 5.75 Å². The van der Waals surface area contributed by atoms with Crippen LogP contribution in [0, 0.1) is 0 Å². The van der Waals surface area contributed by atoms with Crippen LogP contribution in [-0.2, 0) is 14.8 Å². The number of carbonyl (C=O) groups is 1. The van der Waals surface area contributed by atoms with E-state index in [1.165, 1.54) is 18.2 Å². The molecule has 0 spiro atoms. The predicted octanol–water partition coefficient (Wildman–Crippen LogP) is 0.499. The Hall–Kier alpha value is -1.64. The topological polar surface area (TPSA) is 108 Å². The van der Waals surface area contributed by atoms with Crippen molar-refractivity contribution in [1.82, 2.24) is 5.32 Å². The van der Waals surface area contributed by atoms with Gasteiger partial charge in [-0.1, -0.05) is 0 Å². The Morgan fingerprint density at radius 3 is 2.67 bits per heavy atom. The van der Waals surface area contributed by atoms with E-state index in [2.05, 4.69) is 5.32 Å². The number of benzene rings is 1. The van der Waals surface area contributed by atoms with Gasteiger partial charge in [0.1, 0.15) is 10.6 Å². The summed E-state index contributed by atoms with van der Waals surface area (Å²) >= 11 is 0. The molecule has 21 heavy (non-hydrogen) atoms. The molecular formula is C13H20N2O5S. The van der Waals surface area contributed by atoms with Gasteiger partial charge in [-0.3, -0.25) is 4.79 Å². The molecule has 0 unspecified atom stereocenters. The number of carbonyl (C=O) groups excluding carboxylic acids is 1. The molecule has 0 saturated heterocycles. The fourth-order valence-electron chi connectivity index (χ4n) is 1.67. The molecule has 0 aliphatic rings. The quantitative estimate of drug-likeness (QED) is 0.679. The van der Waals surface area contributed by atoms with Crippen LogP contribution in [0.25, 0.3) is 0 Å². The minimum atomic E-state index is -3.97. The molecule has 1 aromatic rings. The number of rotatable bonds is 8. The Morgan fingerprint density at radius 2 is 2.10 bits per heavy atom. The lowest BCUT2D eigenvalue weighted by Crippen LogP contribution is -2.25. The number of ether oxygens (including phenoxy) is 2. The van der Waals surface area contributed by atoms with Crippen molar-refractivity contribution < 1.29 is 22.7 Å². The van der Waals surface area contributed by atoms with E-state index < -0.39 is 10.0 Å². The second-order valence-electron chi connectivity index (χ2n) is 4.24. The van der Waals surface area contributed by atoms with E-state index in [0.717, 1.165) is 0 Å². The van der Waals surface area contributed by atoms with Crippen molar-refractivity contribution in [3.05, 3.63) is 23.8 Å². The van der Waals surface area contributed by atoms with E-state index in [1.54, 1.807) is 14.0 Å². The van der Waals surface area contributed by atoms with Crippen LogP contribution in [0.1, 0.15) is 23.7 Å². The lowest BCUT2D eigenvalue weighted by Gasteiger charge is -2.11. The van der Waals surface area contributed by atoms with Crippen LogP contribution < -0.4 is 15.2 Å². The highest BCUT2D eigenvalue weighted by atomic mass is 32.2. The summed E-state index contributed by atoms with van der Waals surface area (Å²) in [5, 5.41) is 7.81. The van der Waals surface area contributed by atoms with Gasteiger partial charge >= 0.3 is 0 Å². The smallest absolute Gasteiger partial charge is 0.251 e. The van der Waals surface area contributed by atoms with E-state index in [-0.39, 0.29) is 22.1 Å². The van der Waals surface area contributed by atoms with Gasteiger partial charge in [0.05, 0.1) is 6.61 Å². The fourth-order valence-corrected chi connectivity index (χ4v) is 2.37. The van der Waals surface area contributed by atoms with Gasteiger partial charge in [0.15, 0.2) is 0 Å². The lowest BCUT2D eigenvalue weighted by molar-refractivity contribution is 0.0948. The zero-order chi connectivity index (χ0) is 15.9. The molecule has 0 fully saturated rings. The highest BCUT2D eigenvalue weighted by Crippen LogP contribution is 2.24. The van der Waals surface area contributed by atoms with Crippen LogP contribution in [0.4, 0.5) is 0 Å². The summed E-state index contributed by atoms with van der Waals surface area (Å²) in [7, 11) is -2.39. The van der Waals surface area contributed by atoms with Gasteiger partial charge in [-0.15, -0.1) is 0 Å². The van der Waals surface area contributed by atoms with Gasteiger partial charge in [0.25, 0.3) is 5.91 Å². The molecule has 8 heteroatoms. The lowest BCUT2D eigenvalue weighted by atomic mass is 10.2. The molecular weight excluding hydrogens is 296 g/mol. The minimum absolute atomic E-state index is 0.135. The average Bonchev–Trinajstić information content (AvgIpc) is 2.43. The Bertz CT molecular complexity index is 586. The summed E-state index contributed by atoms with van der Waals surface area (Å²) < 4.78 is 33.2. The summed E-state index contributed by atoms with van der Waals surface area (Å²) in [5.74, 6) is -0.241. The van der Waals surface area contributed by atoms with Crippen LogP contribution in [0.3, 0.4) is 0 Å². The van der Waals surface area contributed by atoms with Gasteiger partial charge in [-0.2, -0.15) is 0 Å². The van der Waals surface area contributed by atoms with Gasteiger partial charge in [0, 0.05) is 25.8 Å². The van der Waals surface area contributed by atoms with Crippen molar-refractivity contribution in [3.63, 3.8) is 0 Å². The largest absolute Gasteiger partial charge is 0.492 e. The Balaban J connectivity index is 2.92. The van der Waals surface area contributed by atoms with Crippen molar-refractivity contribution in [3.8, 4) is 5.75 Å². The maximum atomic E-state index is 11.9. The standard InChI is InChI=1S/C13H20N2O5S/c1-3-20-11-6-5-10(9-12(11)21(14,17)18)13(16)15-7-4-8-19-2/h5-6,9H,3-4,7-8H2,1-2H3,(H,15,16)(H2,14,17,18). The molecule has 0 aliphatic carbocycles. The number of sulfonamides is 1. The molecule has 1 rings (SSSR count). The van der Waals surface area contributed by atoms with Gasteiger partial charge in [-0.05, 0) is 31.5 Å². The first-order chi connectivity index (χ1) is 9.90. The van der Waals surface area contributed by atoms with E-state index in [1.807, 2.05) is 0 Å². The minimum Gasteiger partial charge on any atom is -0.492 e. The fraction of sp³-hybridized carbons (Fsp3) is 0.462.